The molecule has 2 aromatic carbocycles. The Morgan fingerprint density at radius 2 is 1.64 bits per heavy atom. The second-order valence-corrected chi connectivity index (χ2v) is 10.3. The van der Waals surface area contributed by atoms with Gasteiger partial charge in [-0.15, -0.1) is 0 Å². The number of nitrogens with one attached hydrogen (secondary N) is 1. The van der Waals surface area contributed by atoms with Gasteiger partial charge in [0.05, 0.1) is 39.4 Å². The highest BCUT2D eigenvalue weighted by Crippen LogP contribution is 2.42. The number of alkyl carbamates (subject to hydrolysis) is 1. The van der Waals surface area contributed by atoms with Crippen molar-refractivity contribution < 1.29 is 28.5 Å². The van der Waals surface area contributed by atoms with Gasteiger partial charge in [-0.3, -0.25) is 4.79 Å². The normalized spacial score (nSPS) is 17.6. The Morgan fingerprint density at radius 1 is 0.949 bits per heavy atom. The lowest BCUT2D eigenvalue weighted by molar-refractivity contribution is -0.138. The van der Waals surface area contributed by atoms with Gasteiger partial charge in [0.15, 0.2) is 11.5 Å². The van der Waals surface area contributed by atoms with Gasteiger partial charge in [0.2, 0.25) is 5.91 Å². The number of likely N-dealkylation sites (tertiary alicyclic amines) is 2. The van der Waals surface area contributed by atoms with Crippen molar-refractivity contribution in [2.45, 2.75) is 45.2 Å². The van der Waals surface area contributed by atoms with E-state index < -0.39 is 6.09 Å². The number of hydrogen-bond donors (Lipinski definition) is 1. The average molecular weight is 540 g/mol. The summed E-state index contributed by atoms with van der Waals surface area (Å²) in [5.41, 5.74) is 1.79. The summed E-state index contributed by atoms with van der Waals surface area (Å²) in [6.07, 6.45) is 2.89. The summed E-state index contributed by atoms with van der Waals surface area (Å²) < 4.78 is 21.2. The molecule has 1 spiro atoms. The number of ether oxygens (including phenoxy) is 4. The van der Waals surface area contributed by atoms with Crippen LogP contribution in [0, 0.1) is 5.41 Å². The number of piperidine rings is 1. The van der Waals surface area contributed by atoms with Gasteiger partial charge in [-0.1, -0.05) is 18.2 Å². The summed E-state index contributed by atoms with van der Waals surface area (Å²) >= 11 is 0. The number of hydrogen-bond acceptors (Lipinski definition) is 7. The van der Waals surface area contributed by atoms with Gasteiger partial charge in [-0.05, 0) is 81.1 Å². The number of methoxy groups -OCH3 is 3. The number of nitrogens with zero attached hydrogens (tertiary/aromatic N) is 2. The van der Waals surface area contributed by atoms with Gasteiger partial charge in [0.25, 0.3) is 0 Å². The van der Waals surface area contributed by atoms with Crippen LogP contribution in [0.1, 0.15) is 49.8 Å². The SMILES string of the molecule is CCOC(=O)NC(CCN1CCC2(CC1)CCN(Cc1ccc(OC)cc1)C2=O)c1ccc(OC)c(OC)c1. The zero-order valence-corrected chi connectivity index (χ0v) is 23.5. The molecule has 1 N–H and O–H groups in total. The summed E-state index contributed by atoms with van der Waals surface area (Å²) in [5, 5.41) is 3.00. The molecule has 2 amide bonds. The molecule has 2 fully saturated rings. The predicted octanol–water partition coefficient (Wildman–Crippen LogP) is 4.40. The highest BCUT2D eigenvalue weighted by atomic mass is 16.5. The largest absolute Gasteiger partial charge is 0.497 e. The molecule has 9 nitrogen and oxygen atoms in total. The van der Waals surface area contributed by atoms with Gasteiger partial charge < -0.3 is 34.1 Å². The molecule has 2 saturated heterocycles. The Hall–Kier alpha value is -3.46. The third-order valence-electron chi connectivity index (χ3n) is 8.06. The van der Waals surface area contributed by atoms with E-state index in [1.165, 1.54) is 0 Å². The van der Waals surface area contributed by atoms with Crippen molar-refractivity contribution in [2.24, 2.45) is 5.41 Å². The topological polar surface area (TPSA) is 89.6 Å². The zero-order valence-electron chi connectivity index (χ0n) is 23.5. The van der Waals surface area contributed by atoms with E-state index in [1.807, 2.05) is 47.4 Å². The Labute approximate surface area is 231 Å². The Balaban J connectivity index is 1.34. The van der Waals surface area contributed by atoms with Gasteiger partial charge in [0.1, 0.15) is 5.75 Å². The fourth-order valence-electron chi connectivity index (χ4n) is 5.68. The zero-order chi connectivity index (χ0) is 27.8. The number of carbonyl (C=O) groups is 2. The number of amides is 2. The van der Waals surface area contributed by atoms with Crippen molar-refractivity contribution in [3.8, 4) is 17.2 Å². The Morgan fingerprint density at radius 3 is 2.28 bits per heavy atom. The molecule has 39 heavy (non-hydrogen) atoms. The van der Waals surface area contributed by atoms with Crippen molar-refractivity contribution in [1.82, 2.24) is 15.1 Å². The minimum atomic E-state index is -0.441. The van der Waals surface area contributed by atoms with Crippen LogP contribution >= 0.6 is 0 Å². The summed E-state index contributed by atoms with van der Waals surface area (Å²) in [7, 11) is 4.85. The lowest BCUT2D eigenvalue weighted by Gasteiger charge is -2.38. The summed E-state index contributed by atoms with van der Waals surface area (Å²) in [4.78, 5) is 30.2. The monoisotopic (exact) mass is 539 g/mol. The highest BCUT2D eigenvalue weighted by molar-refractivity contribution is 5.85. The second kappa shape index (κ2) is 13.1. The molecule has 2 aliphatic heterocycles. The van der Waals surface area contributed by atoms with Crippen LogP contribution in [-0.2, 0) is 16.1 Å². The smallest absolute Gasteiger partial charge is 0.407 e. The first-order chi connectivity index (χ1) is 18.9. The molecule has 1 atom stereocenters. The third kappa shape index (κ3) is 6.76. The van der Waals surface area contributed by atoms with Gasteiger partial charge in [-0.2, -0.15) is 0 Å². The number of benzene rings is 2. The molecule has 2 aromatic rings. The van der Waals surface area contributed by atoms with Gasteiger partial charge in [-0.25, -0.2) is 4.79 Å². The van der Waals surface area contributed by atoms with Crippen LogP contribution in [-0.4, -0.2) is 75.9 Å². The standard InChI is InChI=1S/C30H41N3O6/c1-5-39-29(35)31-25(23-8-11-26(37-3)27(20-23)38-4)12-16-32-17-13-30(14-18-32)15-19-33(28(30)34)21-22-6-9-24(36-2)10-7-22/h6-11,20,25H,5,12-19,21H2,1-4H3,(H,31,35). The van der Waals surface area contributed by atoms with E-state index in [0.29, 0.717) is 31.1 Å². The van der Waals surface area contributed by atoms with E-state index in [1.54, 1.807) is 28.3 Å². The number of rotatable bonds is 11. The van der Waals surface area contributed by atoms with E-state index >= 15 is 0 Å². The first-order valence-electron chi connectivity index (χ1n) is 13.7. The van der Waals surface area contributed by atoms with E-state index in [9.17, 15) is 9.59 Å². The minimum Gasteiger partial charge on any atom is -0.497 e. The quantitative estimate of drug-likeness (QED) is 0.453. The van der Waals surface area contributed by atoms with Crippen LogP contribution < -0.4 is 19.5 Å². The summed E-state index contributed by atoms with van der Waals surface area (Å²) in [5.74, 6) is 2.36. The fraction of sp³-hybridized carbons (Fsp3) is 0.533. The first kappa shape index (κ1) is 28.5. The van der Waals surface area contributed by atoms with Crippen molar-refractivity contribution in [3.63, 3.8) is 0 Å². The van der Waals surface area contributed by atoms with E-state index in [2.05, 4.69) is 10.2 Å². The summed E-state index contributed by atoms with van der Waals surface area (Å²) in [6.45, 7) is 6.06. The molecular weight excluding hydrogens is 498 g/mol. The Kier molecular flexibility index (Phi) is 9.56. The highest BCUT2D eigenvalue weighted by Gasteiger charge is 2.47. The number of carbonyl (C=O) groups excluding carboxylic acids is 2. The van der Waals surface area contributed by atoms with Crippen LogP contribution in [0.5, 0.6) is 17.2 Å². The second-order valence-electron chi connectivity index (χ2n) is 10.3. The maximum absolute atomic E-state index is 13.5. The van der Waals surface area contributed by atoms with Crippen molar-refractivity contribution >= 4 is 12.0 Å². The van der Waals surface area contributed by atoms with Crippen LogP contribution in [0.15, 0.2) is 42.5 Å². The first-order valence-corrected chi connectivity index (χ1v) is 13.7. The van der Waals surface area contributed by atoms with Gasteiger partial charge >= 0.3 is 6.09 Å². The molecule has 4 rings (SSSR count). The van der Waals surface area contributed by atoms with E-state index in [0.717, 1.165) is 62.3 Å². The molecular formula is C30H41N3O6. The van der Waals surface area contributed by atoms with Crippen LogP contribution in [0.25, 0.3) is 0 Å². The van der Waals surface area contributed by atoms with Crippen molar-refractivity contribution in [3.05, 3.63) is 53.6 Å². The maximum atomic E-state index is 13.5. The van der Waals surface area contributed by atoms with Gasteiger partial charge in [0, 0.05) is 19.6 Å². The maximum Gasteiger partial charge on any atom is 0.407 e. The lowest BCUT2D eigenvalue weighted by Crippen LogP contribution is -2.45. The predicted molar refractivity (Wildman–Crippen MR) is 148 cm³/mol. The van der Waals surface area contributed by atoms with Crippen molar-refractivity contribution in [2.75, 3.05) is 54.1 Å². The minimum absolute atomic E-state index is 0.243. The van der Waals surface area contributed by atoms with Crippen LogP contribution in [0.4, 0.5) is 4.79 Å². The van der Waals surface area contributed by atoms with E-state index in [4.69, 9.17) is 18.9 Å². The molecule has 1 unspecified atom stereocenters. The summed E-state index contributed by atoms with van der Waals surface area (Å²) in [6, 6.07) is 13.4. The molecule has 2 aliphatic rings. The molecule has 9 heteroatoms. The molecule has 212 valence electrons. The molecule has 0 aromatic heterocycles. The molecule has 0 radical (unpaired) electrons. The molecule has 0 saturated carbocycles. The average Bonchev–Trinajstić information content (AvgIpc) is 3.26. The van der Waals surface area contributed by atoms with E-state index in [-0.39, 0.29) is 17.4 Å². The van der Waals surface area contributed by atoms with Crippen molar-refractivity contribution in [1.29, 1.82) is 0 Å². The van der Waals surface area contributed by atoms with Crippen LogP contribution in [0.3, 0.4) is 0 Å². The molecule has 2 heterocycles. The molecule has 0 aliphatic carbocycles. The third-order valence-corrected chi connectivity index (χ3v) is 8.06. The fourth-order valence-corrected chi connectivity index (χ4v) is 5.68. The molecule has 0 bridgehead atoms. The lowest BCUT2D eigenvalue weighted by atomic mass is 9.77. The Bertz CT molecular complexity index is 1110. The van der Waals surface area contributed by atoms with Crippen LogP contribution in [0.2, 0.25) is 0 Å².